The maximum atomic E-state index is 13.3. The number of hydrogen-bond acceptors (Lipinski definition) is 3. The molecule has 0 fully saturated rings. The van der Waals surface area contributed by atoms with Gasteiger partial charge in [-0.25, -0.2) is 4.39 Å². The number of aromatic nitrogens is 1. The molecule has 1 amide bonds. The van der Waals surface area contributed by atoms with Crippen LogP contribution in [0.1, 0.15) is 22.7 Å². The first-order valence-electron chi connectivity index (χ1n) is 8.72. The smallest absolute Gasteiger partial charge is 0.228 e. The van der Waals surface area contributed by atoms with Crippen molar-refractivity contribution in [2.24, 2.45) is 0 Å². The SMILES string of the molecule is COc1ccccc1CNC(=O)C(Cc1ccccn1)c1ccc(F)cc1. The monoisotopic (exact) mass is 364 g/mol. The molecule has 0 aliphatic rings. The molecule has 0 saturated carbocycles. The van der Waals surface area contributed by atoms with Gasteiger partial charge in [0.05, 0.1) is 13.0 Å². The highest BCUT2D eigenvalue weighted by molar-refractivity contribution is 5.84. The predicted molar refractivity (Wildman–Crippen MR) is 102 cm³/mol. The fourth-order valence-electron chi connectivity index (χ4n) is 2.94. The van der Waals surface area contributed by atoms with Crippen LogP contribution < -0.4 is 10.1 Å². The summed E-state index contributed by atoms with van der Waals surface area (Å²) in [6, 6.07) is 19.2. The Morgan fingerprint density at radius 1 is 1.07 bits per heavy atom. The van der Waals surface area contributed by atoms with Crippen LogP contribution in [0.5, 0.6) is 5.75 Å². The standard InChI is InChI=1S/C22H21FN2O2/c1-27-21-8-3-2-6-17(21)15-25-22(26)20(14-19-7-4-5-13-24-19)16-9-11-18(23)12-10-16/h2-13,20H,14-15H2,1H3,(H,25,26). The number of pyridine rings is 1. The first-order chi connectivity index (χ1) is 13.2. The van der Waals surface area contributed by atoms with Gasteiger partial charge in [0.25, 0.3) is 0 Å². The zero-order valence-corrected chi connectivity index (χ0v) is 15.1. The second-order valence-corrected chi connectivity index (χ2v) is 6.16. The molecule has 3 rings (SSSR count). The van der Waals surface area contributed by atoms with Gasteiger partial charge in [-0.1, -0.05) is 36.4 Å². The van der Waals surface area contributed by atoms with E-state index in [-0.39, 0.29) is 11.7 Å². The number of carbonyl (C=O) groups is 1. The molecule has 0 aliphatic heterocycles. The first kappa shape index (κ1) is 18.6. The number of benzene rings is 2. The first-order valence-corrected chi connectivity index (χ1v) is 8.72. The van der Waals surface area contributed by atoms with E-state index < -0.39 is 5.92 Å². The average Bonchev–Trinajstić information content (AvgIpc) is 2.72. The molecule has 0 bridgehead atoms. The number of ether oxygens (including phenoxy) is 1. The van der Waals surface area contributed by atoms with E-state index in [1.165, 1.54) is 12.1 Å². The van der Waals surface area contributed by atoms with E-state index in [9.17, 15) is 9.18 Å². The Morgan fingerprint density at radius 3 is 2.52 bits per heavy atom. The summed E-state index contributed by atoms with van der Waals surface area (Å²) in [5, 5.41) is 2.97. The number of hydrogen-bond donors (Lipinski definition) is 1. The van der Waals surface area contributed by atoms with Crippen LogP contribution in [0.25, 0.3) is 0 Å². The second kappa shape index (κ2) is 8.94. The van der Waals surface area contributed by atoms with E-state index in [1.54, 1.807) is 25.4 Å². The molecule has 1 unspecified atom stereocenters. The Kier molecular flexibility index (Phi) is 6.15. The minimum Gasteiger partial charge on any atom is -0.496 e. The fourth-order valence-corrected chi connectivity index (χ4v) is 2.94. The van der Waals surface area contributed by atoms with Crippen molar-refractivity contribution in [2.75, 3.05) is 7.11 Å². The highest BCUT2D eigenvalue weighted by atomic mass is 19.1. The number of para-hydroxylation sites is 1. The molecule has 0 aliphatic carbocycles. The van der Waals surface area contributed by atoms with Gasteiger partial charge in [0.2, 0.25) is 5.91 Å². The molecule has 27 heavy (non-hydrogen) atoms. The number of halogens is 1. The summed E-state index contributed by atoms with van der Waals surface area (Å²) in [7, 11) is 1.60. The number of carbonyl (C=O) groups excluding carboxylic acids is 1. The predicted octanol–water partition coefficient (Wildman–Crippen LogP) is 3.87. The molecule has 3 aromatic rings. The van der Waals surface area contributed by atoms with Gasteiger partial charge in [0.15, 0.2) is 0 Å². The summed E-state index contributed by atoms with van der Waals surface area (Å²) in [5.41, 5.74) is 2.45. The summed E-state index contributed by atoms with van der Waals surface area (Å²) in [5.74, 6) is -0.209. The molecule has 1 heterocycles. The lowest BCUT2D eigenvalue weighted by atomic mass is 9.93. The van der Waals surface area contributed by atoms with Crippen molar-refractivity contribution in [2.45, 2.75) is 18.9 Å². The van der Waals surface area contributed by atoms with Gasteiger partial charge in [-0.3, -0.25) is 9.78 Å². The number of nitrogens with zero attached hydrogens (tertiary/aromatic N) is 1. The summed E-state index contributed by atoms with van der Waals surface area (Å²) in [6.45, 7) is 0.350. The summed E-state index contributed by atoms with van der Waals surface area (Å²) in [4.78, 5) is 17.2. The number of amides is 1. The maximum Gasteiger partial charge on any atom is 0.228 e. The van der Waals surface area contributed by atoms with E-state index in [0.717, 1.165) is 22.6 Å². The Hall–Kier alpha value is -3.21. The van der Waals surface area contributed by atoms with E-state index in [0.29, 0.717) is 13.0 Å². The lowest BCUT2D eigenvalue weighted by molar-refractivity contribution is -0.122. The van der Waals surface area contributed by atoms with Crippen LogP contribution in [-0.2, 0) is 17.8 Å². The minimum atomic E-state index is -0.463. The second-order valence-electron chi connectivity index (χ2n) is 6.16. The van der Waals surface area contributed by atoms with E-state index in [4.69, 9.17) is 4.74 Å². The normalized spacial score (nSPS) is 11.6. The average molecular weight is 364 g/mol. The third kappa shape index (κ3) is 4.91. The fraction of sp³-hybridized carbons (Fsp3) is 0.182. The molecule has 1 N–H and O–H groups in total. The highest BCUT2D eigenvalue weighted by Crippen LogP contribution is 2.22. The van der Waals surface area contributed by atoms with E-state index in [1.807, 2.05) is 42.5 Å². The zero-order valence-electron chi connectivity index (χ0n) is 15.1. The van der Waals surface area contributed by atoms with Crippen LogP contribution in [0.15, 0.2) is 72.9 Å². The Morgan fingerprint density at radius 2 is 1.81 bits per heavy atom. The van der Waals surface area contributed by atoms with E-state index in [2.05, 4.69) is 10.3 Å². The van der Waals surface area contributed by atoms with Crippen LogP contribution in [0, 0.1) is 5.82 Å². The third-order valence-electron chi connectivity index (χ3n) is 4.37. The van der Waals surface area contributed by atoms with Crippen LogP contribution >= 0.6 is 0 Å². The third-order valence-corrected chi connectivity index (χ3v) is 4.37. The molecular weight excluding hydrogens is 343 g/mol. The van der Waals surface area contributed by atoms with Crippen LogP contribution in [0.2, 0.25) is 0 Å². The van der Waals surface area contributed by atoms with Crippen molar-refractivity contribution in [3.8, 4) is 5.75 Å². The number of rotatable bonds is 7. The molecule has 138 valence electrons. The quantitative estimate of drug-likeness (QED) is 0.692. The van der Waals surface area contributed by atoms with Gasteiger partial charge in [0.1, 0.15) is 11.6 Å². The van der Waals surface area contributed by atoms with Crippen LogP contribution in [-0.4, -0.2) is 18.0 Å². The Balaban J connectivity index is 1.78. The molecule has 5 heteroatoms. The molecule has 0 saturated heterocycles. The van der Waals surface area contributed by atoms with Gasteiger partial charge in [-0.2, -0.15) is 0 Å². The van der Waals surface area contributed by atoms with Crippen molar-refractivity contribution in [3.05, 3.63) is 95.6 Å². The van der Waals surface area contributed by atoms with Crippen molar-refractivity contribution >= 4 is 5.91 Å². The molecule has 0 spiro atoms. The minimum absolute atomic E-state index is 0.141. The largest absolute Gasteiger partial charge is 0.496 e. The van der Waals surface area contributed by atoms with E-state index >= 15 is 0 Å². The molecule has 0 radical (unpaired) electrons. The van der Waals surface area contributed by atoms with Gasteiger partial charge >= 0.3 is 0 Å². The van der Waals surface area contributed by atoms with Crippen molar-refractivity contribution in [3.63, 3.8) is 0 Å². The van der Waals surface area contributed by atoms with Gasteiger partial charge < -0.3 is 10.1 Å². The molecular formula is C22H21FN2O2. The van der Waals surface area contributed by atoms with Crippen LogP contribution in [0.4, 0.5) is 4.39 Å². The van der Waals surface area contributed by atoms with Crippen molar-refractivity contribution < 1.29 is 13.9 Å². The lowest BCUT2D eigenvalue weighted by Crippen LogP contribution is -2.30. The van der Waals surface area contributed by atoms with Crippen molar-refractivity contribution in [1.29, 1.82) is 0 Å². The Bertz CT molecular complexity index is 882. The molecule has 1 atom stereocenters. The molecule has 2 aromatic carbocycles. The molecule has 1 aromatic heterocycles. The number of nitrogens with one attached hydrogen (secondary N) is 1. The maximum absolute atomic E-state index is 13.3. The van der Waals surface area contributed by atoms with Crippen molar-refractivity contribution in [1.82, 2.24) is 10.3 Å². The highest BCUT2D eigenvalue weighted by Gasteiger charge is 2.22. The molecule has 4 nitrogen and oxygen atoms in total. The van der Waals surface area contributed by atoms with Gasteiger partial charge in [0, 0.05) is 30.4 Å². The lowest BCUT2D eigenvalue weighted by Gasteiger charge is -2.18. The summed E-state index contributed by atoms with van der Waals surface area (Å²) >= 11 is 0. The Labute approximate surface area is 158 Å². The summed E-state index contributed by atoms with van der Waals surface area (Å²) in [6.07, 6.45) is 2.13. The number of methoxy groups -OCH3 is 1. The van der Waals surface area contributed by atoms with Crippen LogP contribution in [0.3, 0.4) is 0 Å². The summed E-state index contributed by atoms with van der Waals surface area (Å²) < 4.78 is 18.6. The topological polar surface area (TPSA) is 51.2 Å². The van der Waals surface area contributed by atoms with Gasteiger partial charge in [-0.05, 0) is 35.9 Å². The zero-order chi connectivity index (χ0) is 19.1. The van der Waals surface area contributed by atoms with Gasteiger partial charge in [-0.15, -0.1) is 0 Å².